The van der Waals surface area contributed by atoms with Crippen LogP contribution in [0.15, 0.2) is 18.2 Å². The molecule has 0 saturated carbocycles. The minimum Gasteiger partial charge on any atom is -0.325 e. The Balaban J connectivity index is 1.52. The summed E-state index contributed by atoms with van der Waals surface area (Å²) in [4.78, 5) is 16.9. The maximum absolute atomic E-state index is 14.1. The van der Waals surface area contributed by atoms with E-state index in [2.05, 4.69) is 0 Å². The van der Waals surface area contributed by atoms with Gasteiger partial charge in [-0.25, -0.2) is 13.6 Å². The molecule has 3 saturated heterocycles. The van der Waals surface area contributed by atoms with E-state index in [0.717, 1.165) is 38.8 Å². The van der Waals surface area contributed by atoms with E-state index in [0.29, 0.717) is 12.8 Å². The van der Waals surface area contributed by atoms with Gasteiger partial charge in [0.05, 0.1) is 0 Å². The van der Waals surface area contributed by atoms with Gasteiger partial charge in [0.2, 0.25) is 0 Å². The van der Waals surface area contributed by atoms with Crippen molar-refractivity contribution in [2.45, 2.75) is 62.9 Å². The van der Waals surface area contributed by atoms with E-state index in [1.165, 1.54) is 24.6 Å². The van der Waals surface area contributed by atoms with E-state index in [4.69, 9.17) is 0 Å². The van der Waals surface area contributed by atoms with E-state index in [9.17, 15) is 13.6 Å². The van der Waals surface area contributed by atoms with Crippen molar-refractivity contribution < 1.29 is 13.6 Å². The molecule has 130 valence electrons. The third kappa shape index (κ3) is 2.68. The van der Waals surface area contributed by atoms with E-state index in [1.807, 2.05) is 9.80 Å². The Labute approximate surface area is 141 Å². The summed E-state index contributed by atoms with van der Waals surface area (Å²) < 4.78 is 28.3. The molecule has 3 aliphatic rings. The second-order valence-corrected chi connectivity index (χ2v) is 7.43. The molecule has 0 N–H and O–H groups in total. The smallest absolute Gasteiger partial charge is 0.320 e. The summed E-state index contributed by atoms with van der Waals surface area (Å²) in [7, 11) is 0. The van der Waals surface area contributed by atoms with E-state index >= 15 is 0 Å². The highest BCUT2D eigenvalue weighted by Crippen LogP contribution is 2.44. The third-order valence-corrected chi connectivity index (χ3v) is 5.99. The molecule has 1 aromatic rings. The number of carbonyl (C=O) groups is 1. The molecule has 1 aromatic carbocycles. The zero-order valence-corrected chi connectivity index (χ0v) is 13.9. The number of hydrogen-bond acceptors (Lipinski definition) is 1. The van der Waals surface area contributed by atoms with Crippen molar-refractivity contribution in [3.63, 3.8) is 0 Å². The number of urea groups is 1. The van der Waals surface area contributed by atoms with Crippen molar-refractivity contribution in [2.75, 3.05) is 13.1 Å². The summed E-state index contributed by atoms with van der Waals surface area (Å²) in [5.74, 6) is -1.01. The molecular weight excluding hydrogens is 310 g/mol. The molecule has 5 heteroatoms. The maximum Gasteiger partial charge on any atom is 0.320 e. The van der Waals surface area contributed by atoms with Crippen LogP contribution in [0.3, 0.4) is 0 Å². The van der Waals surface area contributed by atoms with Crippen molar-refractivity contribution in [1.29, 1.82) is 0 Å². The van der Waals surface area contributed by atoms with Gasteiger partial charge in [0, 0.05) is 30.7 Å². The Morgan fingerprint density at radius 1 is 0.958 bits per heavy atom. The fourth-order valence-electron chi connectivity index (χ4n) is 4.87. The van der Waals surface area contributed by atoms with E-state index in [-0.39, 0.29) is 29.6 Å². The molecule has 3 fully saturated rings. The van der Waals surface area contributed by atoms with Crippen LogP contribution in [0.2, 0.25) is 0 Å². The van der Waals surface area contributed by atoms with Crippen LogP contribution in [-0.2, 0) is 0 Å². The van der Waals surface area contributed by atoms with Crippen LogP contribution in [0.25, 0.3) is 0 Å². The number of hydrogen-bond donors (Lipinski definition) is 0. The predicted molar refractivity (Wildman–Crippen MR) is 87.8 cm³/mol. The zero-order valence-electron chi connectivity index (χ0n) is 13.9. The first-order valence-corrected chi connectivity index (χ1v) is 9.16. The van der Waals surface area contributed by atoms with Crippen molar-refractivity contribution >= 4 is 6.03 Å². The topological polar surface area (TPSA) is 23.6 Å². The quantitative estimate of drug-likeness (QED) is 0.752. The van der Waals surface area contributed by atoms with Gasteiger partial charge in [0.25, 0.3) is 0 Å². The number of rotatable bonds is 1. The average Bonchev–Trinajstić information content (AvgIpc) is 2.85. The monoisotopic (exact) mass is 334 g/mol. The summed E-state index contributed by atoms with van der Waals surface area (Å²) in [6, 6.07) is 4.49. The molecular formula is C19H24F2N2O. The molecule has 3 atom stereocenters. The van der Waals surface area contributed by atoms with Gasteiger partial charge >= 0.3 is 6.03 Å². The summed E-state index contributed by atoms with van der Waals surface area (Å²) in [5, 5.41) is 0. The highest BCUT2D eigenvalue weighted by molar-refractivity contribution is 5.76. The van der Waals surface area contributed by atoms with E-state index in [1.54, 1.807) is 0 Å². The lowest BCUT2D eigenvalue weighted by Crippen LogP contribution is -2.53. The van der Waals surface area contributed by atoms with Gasteiger partial charge in [-0.05, 0) is 63.0 Å². The fourth-order valence-corrected chi connectivity index (χ4v) is 4.87. The molecule has 3 aliphatic heterocycles. The Morgan fingerprint density at radius 2 is 1.54 bits per heavy atom. The Bertz CT molecular complexity index is 596. The summed E-state index contributed by atoms with van der Waals surface area (Å²) in [5.41, 5.74) is 0.222. The van der Waals surface area contributed by atoms with Crippen molar-refractivity contribution in [3.05, 3.63) is 35.4 Å². The molecule has 0 aromatic heterocycles. The Hall–Kier alpha value is -1.65. The number of piperidine rings is 2. The minimum atomic E-state index is -0.449. The number of benzene rings is 1. The molecule has 0 radical (unpaired) electrons. The van der Waals surface area contributed by atoms with Crippen LogP contribution in [0.1, 0.15) is 56.4 Å². The van der Waals surface area contributed by atoms with Gasteiger partial charge < -0.3 is 9.80 Å². The van der Waals surface area contributed by atoms with Crippen LogP contribution >= 0.6 is 0 Å². The number of amides is 2. The number of nitrogens with zero attached hydrogens (tertiary/aromatic N) is 2. The van der Waals surface area contributed by atoms with Crippen molar-refractivity contribution in [1.82, 2.24) is 9.80 Å². The Kier molecular flexibility index (Phi) is 4.19. The van der Waals surface area contributed by atoms with Crippen LogP contribution < -0.4 is 0 Å². The van der Waals surface area contributed by atoms with Crippen LogP contribution in [0, 0.1) is 11.6 Å². The SMILES string of the molecule is O=C(N1CCCCC1)N1[C@@H]2CC[C@H]1C[C@@H](c1c(F)cccc1F)C2. The maximum atomic E-state index is 14.1. The summed E-state index contributed by atoms with van der Waals surface area (Å²) >= 11 is 0. The van der Waals surface area contributed by atoms with Gasteiger partial charge in [-0.15, -0.1) is 0 Å². The first kappa shape index (κ1) is 15.9. The van der Waals surface area contributed by atoms with Crippen molar-refractivity contribution in [2.24, 2.45) is 0 Å². The highest BCUT2D eigenvalue weighted by atomic mass is 19.1. The molecule has 2 amide bonds. The molecule has 24 heavy (non-hydrogen) atoms. The molecule has 0 aliphatic carbocycles. The average molecular weight is 334 g/mol. The standard InChI is InChI=1S/C19H24F2N2O/c20-16-5-4-6-17(21)18(16)13-11-14-7-8-15(12-13)23(14)19(24)22-9-2-1-3-10-22/h4-6,13-15H,1-3,7-12H2/t13-,14+,15-. The van der Waals surface area contributed by atoms with Gasteiger partial charge in [0.15, 0.2) is 0 Å². The largest absolute Gasteiger partial charge is 0.325 e. The fraction of sp³-hybridized carbons (Fsp3) is 0.632. The normalized spacial score (nSPS) is 29.8. The second kappa shape index (κ2) is 6.34. The third-order valence-electron chi connectivity index (χ3n) is 5.99. The molecule has 0 unspecified atom stereocenters. The first-order chi connectivity index (χ1) is 11.6. The molecule has 4 rings (SSSR count). The summed E-state index contributed by atoms with van der Waals surface area (Å²) in [6.45, 7) is 1.69. The predicted octanol–water partition coefficient (Wildman–Crippen LogP) is 4.28. The van der Waals surface area contributed by atoms with Crippen LogP contribution in [-0.4, -0.2) is 41.0 Å². The number of halogens is 2. The Morgan fingerprint density at radius 3 is 2.12 bits per heavy atom. The zero-order chi connectivity index (χ0) is 16.7. The lowest BCUT2D eigenvalue weighted by Gasteiger charge is -2.42. The first-order valence-electron chi connectivity index (χ1n) is 9.16. The summed E-state index contributed by atoms with van der Waals surface area (Å²) in [6.07, 6.45) is 6.62. The lowest BCUT2D eigenvalue weighted by atomic mass is 9.84. The molecule has 2 bridgehead atoms. The highest BCUT2D eigenvalue weighted by Gasteiger charge is 2.45. The van der Waals surface area contributed by atoms with Crippen LogP contribution in [0.5, 0.6) is 0 Å². The molecule has 3 heterocycles. The van der Waals surface area contributed by atoms with Gasteiger partial charge in [-0.2, -0.15) is 0 Å². The minimum absolute atomic E-state index is 0.117. The molecule has 0 spiro atoms. The number of likely N-dealkylation sites (tertiary alicyclic amines) is 1. The lowest BCUT2D eigenvalue weighted by molar-refractivity contribution is 0.0983. The number of carbonyl (C=O) groups excluding carboxylic acids is 1. The van der Waals surface area contributed by atoms with Crippen LogP contribution in [0.4, 0.5) is 13.6 Å². The van der Waals surface area contributed by atoms with Gasteiger partial charge in [0.1, 0.15) is 11.6 Å². The second-order valence-electron chi connectivity index (χ2n) is 7.43. The molecule has 3 nitrogen and oxygen atoms in total. The van der Waals surface area contributed by atoms with Crippen molar-refractivity contribution in [3.8, 4) is 0 Å². The van der Waals surface area contributed by atoms with Gasteiger partial charge in [-0.1, -0.05) is 6.07 Å². The number of fused-ring (bicyclic) bond motifs is 2. The van der Waals surface area contributed by atoms with Gasteiger partial charge in [-0.3, -0.25) is 0 Å². The van der Waals surface area contributed by atoms with E-state index < -0.39 is 11.6 Å².